The summed E-state index contributed by atoms with van der Waals surface area (Å²) >= 11 is 0. The zero-order valence-electron chi connectivity index (χ0n) is 22.0. The summed E-state index contributed by atoms with van der Waals surface area (Å²) in [5.74, 6) is -2.40. The van der Waals surface area contributed by atoms with E-state index in [1.54, 1.807) is 0 Å². The SMILES string of the molecule is CCCN1CCC(N(c2ccccc2)c2ccc(C(=O)N(CC)CC)cc2)CC1.O=C(O)C=CC(=O)O. The van der Waals surface area contributed by atoms with Gasteiger partial charge in [0, 0.05) is 61.3 Å². The van der Waals surface area contributed by atoms with Gasteiger partial charge in [0.25, 0.3) is 5.91 Å². The van der Waals surface area contributed by atoms with Crippen LogP contribution in [-0.4, -0.2) is 76.6 Å². The second-order valence-corrected chi connectivity index (χ2v) is 8.81. The van der Waals surface area contributed by atoms with E-state index in [1.165, 1.54) is 24.3 Å². The Morgan fingerprint density at radius 2 is 1.35 bits per heavy atom. The lowest BCUT2D eigenvalue weighted by Gasteiger charge is -2.40. The summed E-state index contributed by atoms with van der Waals surface area (Å²) in [4.78, 5) is 38.7. The van der Waals surface area contributed by atoms with Crippen molar-refractivity contribution in [1.29, 1.82) is 0 Å². The molecule has 0 saturated carbocycles. The molecule has 0 unspecified atom stereocenters. The number of carboxylic acid groups (broad SMARTS) is 2. The van der Waals surface area contributed by atoms with Gasteiger partial charge in [-0.1, -0.05) is 25.1 Å². The quantitative estimate of drug-likeness (QED) is 0.440. The average Bonchev–Trinajstić information content (AvgIpc) is 2.91. The van der Waals surface area contributed by atoms with Gasteiger partial charge < -0.3 is 24.9 Å². The second kappa shape index (κ2) is 15.5. The van der Waals surface area contributed by atoms with E-state index in [-0.39, 0.29) is 5.91 Å². The van der Waals surface area contributed by atoms with E-state index in [4.69, 9.17) is 10.2 Å². The van der Waals surface area contributed by atoms with Gasteiger partial charge in [-0.2, -0.15) is 0 Å². The molecular weight excluding hydrogens is 470 g/mol. The first-order chi connectivity index (χ1) is 17.8. The number of benzene rings is 2. The highest BCUT2D eigenvalue weighted by Crippen LogP contribution is 2.32. The average molecular weight is 510 g/mol. The number of para-hydroxylation sites is 1. The van der Waals surface area contributed by atoms with Crippen molar-refractivity contribution in [2.75, 3.05) is 37.6 Å². The first-order valence-electron chi connectivity index (χ1n) is 12.9. The fourth-order valence-electron chi connectivity index (χ4n) is 4.48. The lowest BCUT2D eigenvalue weighted by Crippen LogP contribution is -2.43. The molecule has 0 aliphatic carbocycles. The van der Waals surface area contributed by atoms with Gasteiger partial charge in [-0.15, -0.1) is 0 Å². The Bertz CT molecular complexity index is 996. The zero-order valence-corrected chi connectivity index (χ0v) is 22.0. The summed E-state index contributed by atoms with van der Waals surface area (Å²) in [6, 6.07) is 19.3. The molecule has 3 rings (SSSR count). The van der Waals surface area contributed by atoms with Crippen molar-refractivity contribution in [3.05, 3.63) is 72.3 Å². The maximum absolute atomic E-state index is 12.7. The third-order valence-corrected chi connectivity index (χ3v) is 6.31. The maximum Gasteiger partial charge on any atom is 0.328 e. The predicted molar refractivity (Wildman–Crippen MR) is 146 cm³/mol. The number of carbonyl (C=O) groups is 3. The number of aliphatic carboxylic acids is 2. The van der Waals surface area contributed by atoms with Gasteiger partial charge in [0.1, 0.15) is 0 Å². The van der Waals surface area contributed by atoms with Gasteiger partial charge in [0.2, 0.25) is 0 Å². The van der Waals surface area contributed by atoms with E-state index >= 15 is 0 Å². The number of likely N-dealkylation sites (tertiary alicyclic amines) is 1. The van der Waals surface area contributed by atoms with Gasteiger partial charge in [-0.3, -0.25) is 4.79 Å². The van der Waals surface area contributed by atoms with Gasteiger partial charge >= 0.3 is 11.9 Å². The van der Waals surface area contributed by atoms with Crippen LogP contribution in [0.3, 0.4) is 0 Å². The van der Waals surface area contributed by atoms with Crippen molar-refractivity contribution in [3.63, 3.8) is 0 Å². The van der Waals surface area contributed by atoms with E-state index in [0.717, 1.165) is 44.6 Å². The molecule has 0 spiro atoms. The van der Waals surface area contributed by atoms with E-state index < -0.39 is 11.9 Å². The van der Waals surface area contributed by atoms with E-state index in [0.29, 0.717) is 18.2 Å². The molecule has 0 radical (unpaired) electrons. The van der Waals surface area contributed by atoms with Crippen LogP contribution in [-0.2, 0) is 9.59 Å². The third kappa shape index (κ3) is 9.38. The Balaban J connectivity index is 0.000000521. The van der Waals surface area contributed by atoms with Crippen LogP contribution in [0.2, 0.25) is 0 Å². The predicted octanol–water partition coefficient (Wildman–Crippen LogP) is 4.89. The van der Waals surface area contributed by atoms with Crippen LogP contribution < -0.4 is 4.90 Å². The van der Waals surface area contributed by atoms with Crippen LogP contribution in [0, 0.1) is 0 Å². The molecule has 1 fully saturated rings. The van der Waals surface area contributed by atoms with Crippen molar-refractivity contribution in [1.82, 2.24) is 9.80 Å². The standard InChI is InChI=1S/C25H35N3O.C4H4O4/c1-4-18-26-19-16-24(17-20-26)28(22-10-8-7-9-11-22)23-14-12-21(13-15-23)25(29)27(5-2)6-3;5-3(6)1-2-4(7)8/h7-15,24H,4-6,16-20H2,1-3H3;1-2H,(H,5,6)(H,7,8). The van der Waals surface area contributed by atoms with Crippen LogP contribution in [0.4, 0.5) is 11.4 Å². The maximum atomic E-state index is 12.7. The summed E-state index contributed by atoms with van der Waals surface area (Å²) in [6.45, 7) is 11.3. The minimum Gasteiger partial charge on any atom is -0.478 e. The van der Waals surface area contributed by atoms with E-state index in [2.05, 4.69) is 59.2 Å². The largest absolute Gasteiger partial charge is 0.478 e. The summed E-state index contributed by atoms with van der Waals surface area (Å²) in [7, 11) is 0. The Kier molecular flexibility index (Phi) is 12.4. The molecule has 1 aliphatic heterocycles. The minimum absolute atomic E-state index is 0.112. The highest BCUT2D eigenvalue weighted by Gasteiger charge is 2.26. The van der Waals surface area contributed by atoms with Gasteiger partial charge in [-0.25, -0.2) is 9.59 Å². The van der Waals surface area contributed by atoms with Crippen molar-refractivity contribution >= 4 is 29.2 Å². The Hall–Kier alpha value is -3.65. The fourth-order valence-corrected chi connectivity index (χ4v) is 4.48. The second-order valence-electron chi connectivity index (χ2n) is 8.81. The lowest BCUT2D eigenvalue weighted by molar-refractivity contribution is -0.134. The molecule has 0 aromatic heterocycles. The topological polar surface area (TPSA) is 101 Å². The van der Waals surface area contributed by atoms with Crippen LogP contribution in [0.1, 0.15) is 50.4 Å². The number of hydrogen-bond acceptors (Lipinski definition) is 5. The van der Waals surface area contributed by atoms with E-state index in [9.17, 15) is 14.4 Å². The first kappa shape index (κ1) is 29.6. The Morgan fingerprint density at radius 3 is 1.81 bits per heavy atom. The van der Waals surface area contributed by atoms with Crippen LogP contribution in [0.25, 0.3) is 0 Å². The smallest absolute Gasteiger partial charge is 0.328 e. The number of hydrogen-bond donors (Lipinski definition) is 2. The molecule has 8 nitrogen and oxygen atoms in total. The molecule has 0 atom stereocenters. The number of nitrogens with zero attached hydrogens (tertiary/aromatic N) is 3. The molecule has 2 aromatic carbocycles. The summed E-state index contributed by atoms with van der Waals surface area (Å²) in [6.07, 6.45) is 4.66. The molecule has 2 N–H and O–H groups in total. The molecule has 0 bridgehead atoms. The molecule has 2 aromatic rings. The molecule has 1 heterocycles. The number of piperidine rings is 1. The monoisotopic (exact) mass is 509 g/mol. The molecule has 1 saturated heterocycles. The number of anilines is 2. The zero-order chi connectivity index (χ0) is 27.2. The van der Waals surface area contributed by atoms with Gasteiger partial charge in [0.15, 0.2) is 0 Å². The highest BCUT2D eigenvalue weighted by atomic mass is 16.4. The number of amides is 1. The van der Waals surface area contributed by atoms with E-state index in [1.807, 2.05) is 30.9 Å². The van der Waals surface area contributed by atoms with Crippen molar-refractivity contribution in [2.24, 2.45) is 0 Å². The minimum atomic E-state index is -1.26. The normalized spacial score (nSPS) is 14.0. The van der Waals surface area contributed by atoms with Crippen molar-refractivity contribution < 1.29 is 24.6 Å². The molecule has 8 heteroatoms. The fraction of sp³-hybridized carbons (Fsp3) is 0.414. The Labute approximate surface area is 219 Å². The summed E-state index contributed by atoms with van der Waals surface area (Å²) in [5.41, 5.74) is 3.16. The number of rotatable bonds is 10. The third-order valence-electron chi connectivity index (χ3n) is 6.31. The summed E-state index contributed by atoms with van der Waals surface area (Å²) in [5, 5.41) is 15.6. The van der Waals surface area contributed by atoms with Crippen LogP contribution in [0.15, 0.2) is 66.7 Å². The Morgan fingerprint density at radius 1 is 0.838 bits per heavy atom. The van der Waals surface area contributed by atoms with Crippen molar-refractivity contribution in [3.8, 4) is 0 Å². The molecule has 1 aliphatic rings. The summed E-state index contributed by atoms with van der Waals surface area (Å²) < 4.78 is 0. The van der Waals surface area contributed by atoms with Crippen LogP contribution in [0.5, 0.6) is 0 Å². The first-order valence-corrected chi connectivity index (χ1v) is 12.9. The lowest BCUT2D eigenvalue weighted by atomic mass is 10.0. The molecule has 200 valence electrons. The van der Waals surface area contributed by atoms with Gasteiger partial charge in [-0.05, 0) is 76.1 Å². The molecule has 1 amide bonds. The van der Waals surface area contributed by atoms with Crippen molar-refractivity contribution in [2.45, 2.75) is 46.1 Å². The molecule has 37 heavy (non-hydrogen) atoms. The number of carboxylic acids is 2. The highest BCUT2D eigenvalue weighted by molar-refractivity contribution is 5.94. The number of carbonyl (C=O) groups excluding carboxylic acids is 1. The van der Waals surface area contributed by atoms with Gasteiger partial charge in [0.05, 0.1) is 0 Å². The van der Waals surface area contributed by atoms with Crippen LogP contribution >= 0.6 is 0 Å². The molecular formula is C29H39N3O5.